The Balaban J connectivity index is 1.77. The summed E-state index contributed by atoms with van der Waals surface area (Å²) in [6.07, 6.45) is 3.78. The van der Waals surface area contributed by atoms with E-state index >= 15 is 0 Å². The van der Waals surface area contributed by atoms with Gasteiger partial charge in [-0.25, -0.2) is 4.98 Å². The van der Waals surface area contributed by atoms with E-state index in [2.05, 4.69) is 47.5 Å². The van der Waals surface area contributed by atoms with Crippen LogP contribution in [0.2, 0.25) is 0 Å². The predicted molar refractivity (Wildman–Crippen MR) is 100 cm³/mol. The maximum atomic E-state index is 4.86. The first-order valence-corrected chi connectivity index (χ1v) is 8.66. The lowest BCUT2D eigenvalue weighted by Gasteiger charge is -2.29. The van der Waals surface area contributed by atoms with Crippen molar-refractivity contribution in [1.82, 2.24) is 9.97 Å². The molecule has 0 amide bonds. The number of nitrogens with zero attached hydrogens (tertiary/aromatic N) is 3. The number of benzene rings is 2. The lowest BCUT2D eigenvalue weighted by Crippen LogP contribution is -2.30. The van der Waals surface area contributed by atoms with E-state index in [1.807, 2.05) is 18.2 Å². The number of aromatic nitrogens is 2. The maximum absolute atomic E-state index is 4.86. The molecular weight excluding hydrogens is 296 g/mol. The van der Waals surface area contributed by atoms with Gasteiger partial charge in [-0.2, -0.15) is 4.98 Å². The van der Waals surface area contributed by atoms with E-state index in [1.165, 1.54) is 24.8 Å². The summed E-state index contributed by atoms with van der Waals surface area (Å²) in [5, 5.41) is 4.53. The third-order valence-electron chi connectivity index (χ3n) is 4.63. The van der Waals surface area contributed by atoms with Crippen LogP contribution in [0.25, 0.3) is 10.9 Å². The van der Waals surface area contributed by atoms with Crippen molar-refractivity contribution in [3.05, 3.63) is 54.1 Å². The van der Waals surface area contributed by atoms with Gasteiger partial charge in [-0.15, -0.1) is 0 Å². The molecule has 0 aliphatic carbocycles. The molecule has 24 heavy (non-hydrogen) atoms. The Hall–Kier alpha value is -2.62. The van der Waals surface area contributed by atoms with Gasteiger partial charge in [-0.1, -0.05) is 30.3 Å². The summed E-state index contributed by atoms with van der Waals surface area (Å²) in [4.78, 5) is 12.0. The smallest absolute Gasteiger partial charge is 0.229 e. The first-order valence-electron chi connectivity index (χ1n) is 8.66. The molecule has 0 radical (unpaired) electrons. The summed E-state index contributed by atoms with van der Waals surface area (Å²) in [6.45, 7) is 4.24. The Labute approximate surface area is 142 Å². The minimum Gasteiger partial charge on any atom is -0.356 e. The molecule has 0 saturated carbocycles. The highest BCUT2D eigenvalue weighted by Gasteiger charge is 2.17. The fourth-order valence-corrected chi connectivity index (χ4v) is 3.30. The van der Waals surface area contributed by atoms with Crippen LogP contribution in [0.15, 0.2) is 48.5 Å². The van der Waals surface area contributed by atoms with E-state index < -0.39 is 0 Å². The monoisotopic (exact) mass is 318 g/mol. The van der Waals surface area contributed by atoms with E-state index in [1.54, 1.807) is 0 Å². The molecule has 0 unspecified atom stereocenters. The molecule has 4 rings (SSSR count). The third-order valence-corrected chi connectivity index (χ3v) is 4.63. The Morgan fingerprint density at radius 3 is 2.46 bits per heavy atom. The number of aryl methyl sites for hydroxylation is 1. The molecule has 4 nitrogen and oxygen atoms in total. The molecule has 1 aliphatic heterocycles. The van der Waals surface area contributed by atoms with Gasteiger partial charge < -0.3 is 10.2 Å². The molecule has 0 atom stereocenters. The number of piperidine rings is 1. The number of rotatable bonds is 3. The Morgan fingerprint density at radius 1 is 0.875 bits per heavy atom. The average Bonchev–Trinajstić information content (AvgIpc) is 2.64. The van der Waals surface area contributed by atoms with Crippen LogP contribution in [0.1, 0.15) is 24.8 Å². The van der Waals surface area contributed by atoms with E-state index in [9.17, 15) is 0 Å². The Morgan fingerprint density at radius 2 is 1.62 bits per heavy atom. The summed E-state index contributed by atoms with van der Waals surface area (Å²) in [5.41, 5.74) is 3.23. The molecule has 1 fully saturated rings. The van der Waals surface area contributed by atoms with E-state index in [-0.39, 0.29) is 0 Å². The highest BCUT2D eigenvalue weighted by Crippen LogP contribution is 2.29. The third kappa shape index (κ3) is 2.92. The van der Waals surface area contributed by atoms with Gasteiger partial charge in [0, 0.05) is 24.2 Å². The summed E-state index contributed by atoms with van der Waals surface area (Å²) in [7, 11) is 0. The van der Waals surface area contributed by atoms with Gasteiger partial charge >= 0.3 is 0 Å². The number of nitrogens with one attached hydrogen (secondary N) is 1. The van der Waals surface area contributed by atoms with Gasteiger partial charge in [-0.3, -0.25) is 0 Å². The van der Waals surface area contributed by atoms with Crippen LogP contribution in [0.3, 0.4) is 0 Å². The zero-order chi connectivity index (χ0) is 16.4. The van der Waals surface area contributed by atoms with Crippen molar-refractivity contribution in [1.29, 1.82) is 0 Å². The zero-order valence-corrected chi connectivity index (χ0v) is 14.0. The van der Waals surface area contributed by atoms with E-state index in [4.69, 9.17) is 9.97 Å². The molecule has 2 aromatic carbocycles. The van der Waals surface area contributed by atoms with E-state index in [0.717, 1.165) is 35.5 Å². The van der Waals surface area contributed by atoms with Crippen molar-refractivity contribution in [3.8, 4) is 0 Å². The SMILES string of the molecule is Cc1ccccc1Nc1nc(N2CCCCC2)c2ccccc2n1. The minimum absolute atomic E-state index is 0.670. The Kier molecular flexibility index (Phi) is 4.03. The molecule has 4 heteroatoms. The highest BCUT2D eigenvalue weighted by atomic mass is 15.2. The van der Waals surface area contributed by atoms with Crippen LogP contribution in [-0.2, 0) is 0 Å². The standard InChI is InChI=1S/C20H22N4/c1-15-9-3-5-11-17(15)21-20-22-18-12-6-4-10-16(18)19(23-20)24-13-7-2-8-14-24/h3-6,9-12H,2,7-8,13-14H2,1H3,(H,21,22,23). The van der Waals surface area contributed by atoms with Crippen molar-refractivity contribution in [2.24, 2.45) is 0 Å². The predicted octanol–water partition coefficient (Wildman–Crippen LogP) is 4.67. The van der Waals surface area contributed by atoms with Crippen LogP contribution in [0, 0.1) is 6.92 Å². The van der Waals surface area contributed by atoms with E-state index in [0.29, 0.717) is 5.95 Å². The molecule has 122 valence electrons. The lowest BCUT2D eigenvalue weighted by atomic mass is 10.1. The average molecular weight is 318 g/mol. The number of fused-ring (bicyclic) bond motifs is 1. The second-order valence-corrected chi connectivity index (χ2v) is 6.38. The zero-order valence-electron chi connectivity index (χ0n) is 14.0. The van der Waals surface area contributed by atoms with Crippen molar-refractivity contribution in [2.75, 3.05) is 23.3 Å². The van der Waals surface area contributed by atoms with Crippen LogP contribution >= 0.6 is 0 Å². The normalized spacial score (nSPS) is 14.8. The van der Waals surface area contributed by atoms with Gasteiger partial charge in [0.1, 0.15) is 5.82 Å². The van der Waals surface area contributed by atoms with Gasteiger partial charge in [-0.05, 0) is 49.9 Å². The molecule has 1 aromatic heterocycles. The molecule has 1 saturated heterocycles. The molecule has 0 bridgehead atoms. The van der Waals surface area contributed by atoms with Crippen molar-refractivity contribution < 1.29 is 0 Å². The molecular formula is C20H22N4. The van der Waals surface area contributed by atoms with Gasteiger partial charge in [0.05, 0.1) is 5.52 Å². The maximum Gasteiger partial charge on any atom is 0.229 e. The molecule has 0 spiro atoms. The van der Waals surface area contributed by atoms with Gasteiger partial charge in [0.2, 0.25) is 5.95 Å². The van der Waals surface area contributed by atoms with Gasteiger partial charge in [0.25, 0.3) is 0 Å². The fraction of sp³-hybridized carbons (Fsp3) is 0.300. The van der Waals surface area contributed by atoms with Crippen LogP contribution < -0.4 is 10.2 Å². The summed E-state index contributed by atoms with van der Waals surface area (Å²) in [6, 6.07) is 16.5. The fourth-order valence-electron chi connectivity index (χ4n) is 3.30. The minimum atomic E-state index is 0.670. The largest absolute Gasteiger partial charge is 0.356 e. The molecule has 2 heterocycles. The molecule has 3 aromatic rings. The second-order valence-electron chi connectivity index (χ2n) is 6.38. The van der Waals surface area contributed by atoms with Crippen LogP contribution in [0.4, 0.5) is 17.5 Å². The van der Waals surface area contributed by atoms with Crippen LogP contribution in [-0.4, -0.2) is 23.1 Å². The quantitative estimate of drug-likeness (QED) is 0.762. The lowest BCUT2D eigenvalue weighted by molar-refractivity contribution is 0.575. The topological polar surface area (TPSA) is 41.1 Å². The van der Waals surface area contributed by atoms with Crippen molar-refractivity contribution in [3.63, 3.8) is 0 Å². The van der Waals surface area contributed by atoms with Gasteiger partial charge in [0.15, 0.2) is 0 Å². The summed E-state index contributed by atoms with van der Waals surface area (Å²) in [5.74, 6) is 1.72. The first-order chi connectivity index (χ1) is 11.8. The number of hydrogen-bond acceptors (Lipinski definition) is 4. The molecule has 1 N–H and O–H groups in total. The van der Waals surface area contributed by atoms with Crippen LogP contribution in [0.5, 0.6) is 0 Å². The summed E-state index contributed by atoms with van der Waals surface area (Å²) < 4.78 is 0. The molecule has 1 aliphatic rings. The van der Waals surface area contributed by atoms with Crippen molar-refractivity contribution in [2.45, 2.75) is 26.2 Å². The van der Waals surface area contributed by atoms with Crippen molar-refractivity contribution >= 4 is 28.4 Å². The number of hydrogen-bond donors (Lipinski definition) is 1. The highest BCUT2D eigenvalue weighted by molar-refractivity contribution is 5.90. The second kappa shape index (κ2) is 6.48. The first kappa shape index (κ1) is 14.9. The number of anilines is 3. The summed E-state index contributed by atoms with van der Waals surface area (Å²) >= 11 is 0. The number of para-hydroxylation sites is 2. The Bertz CT molecular complexity index is 853.